The first-order valence-corrected chi connectivity index (χ1v) is 10.5. The zero-order valence-corrected chi connectivity index (χ0v) is 17.7. The van der Waals surface area contributed by atoms with Crippen LogP contribution < -0.4 is 10.6 Å². The average Bonchev–Trinajstić information content (AvgIpc) is 3.45. The molecule has 2 N–H and O–H groups in total. The van der Waals surface area contributed by atoms with E-state index in [4.69, 9.17) is 4.98 Å². The number of fused-ring (bicyclic) bond motifs is 1. The number of nitrogens with zero attached hydrogens (tertiary/aromatic N) is 5. The summed E-state index contributed by atoms with van der Waals surface area (Å²) in [7, 11) is 3.88. The maximum Gasteiger partial charge on any atom is 0.161 e. The van der Waals surface area contributed by atoms with Crippen LogP contribution in [0.2, 0.25) is 0 Å². The zero-order valence-electron chi connectivity index (χ0n) is 17.7. The van der Waals surface area contributed by atoms with Gasteiger partial charge in [-0.15, -0.1) is 0 Å². The lowest BCUT2D eigenvalue weighted by molar-refractivity contribution is 0.756. The Morgan fingerprint density at radius 3 is 2.67 bits per heavy atom. The molecule has 0 radical (unpaired) electrons. The van der Waals surface area contributed by atoms with Gasteiger partial charge in [0.1, 0.15) is 11.6 Å². The van der Waals surface area contributed by atoms with E-state index in [0.717, 1.165) is 39.6 Å². The molecule has 0 unspecified atom stereocenters. The minimum absolute atomic E-state index is 0.522. The molecule has 1 aliphatic carbocycles. The van der Waals surface area contributed by atoms with Crippen molar-refractivity contribution >= 4 is 28.4 Å². The SMILES string of the molecule is Cc1cccc(-c2cc(Nc3cc(NC4CCCC4)c4cnn(C)c4n3)n(C)n2)c1. The van der Waals surface area contributed by atoms with Gasteiger partial charge in [0.25, 0.3) is 0 Å². The molecule has 3 aromatic heterocycles. The standard InChI is InChI=1S/C23H27N7/c1-15-7-6-8-16(11-15)19-13-22(29(2)28-19)26-21-12-20(25-17-9-4-5-10-17)18-14-24-30(3)23(18)27-21/h6-8,11-14,17H,4-5,9-10H2,1-3H3,(H2,25,26,27). The topological polar surface area (TPSA) is 72.6 Å². The van der Waals surface area contributed by atoms with Crippen LogP contribution in [0.25, 0.3) is 22.3 Å². The van der Waals surface area contributed by atoms with Crippen LogP contribution in [0.15, 0.2) is 42.6 Å². The van der Waals surface area contributed by atoms with Crippen LogP contribution in [0.5, 0.6) is 0 Å². The molecular weight excluding hydrogens is 374 g/mol. The van der Waals surface area contributed by atoms with Gasteiger partial charge in [0.2, 0.25) is 0 Å². The van der Waals surface area contributed by atoms with Crippen molar-refractivity contribution in [1.82, 2.24) is 24.5 Å². The Bertz CT molecular complexity index is 1200. The highest BCUT2D eigenvalue weighted by Crippen LogP contribution is 2.31. The second-order valence-electron chi connectivity index (χ2n) is 8.22. The summed E-state index contributed by atoms with van der Waals surface area (Å²) in [4.78, 5) is 4.81. The van der Waals surface area contributed by atoms with E-state index < -0.39 is 0 Å². The highest BCUT2D eigenvalue weighted by Gasteiger charge is 2.18. The Labute approximate surface area is 176 Å². The number of anilines is 3. The number of aryl methyl sites for hydroxylation is 3. The predicted octanol–water partition coefficient (Wildman–Crippen LogP) is 4.78. The van der Waals surface area contributed by atoms with E-state index in [0.29, 0.717) is 6.04 Å². The summed E-state index contributed by atoms with van der Waals surface area (Å²) in [5, 5.41) is 17.3. The van der Waals surface area contributed by atoms with Gasteiger partial charge in [-0.05, 0) is 25.8 Å². The molecule has 154 valence electrons. The summed E-state index contributed by atoms with van der Waals surface area (Å²) in [6.07, 6.45) is 6.91. The minimum Gasteiger partial charge on any atom is -0.382 e. The third-order valence-electron chi connectivity index (χ3n) is 5.87. The maximum absolute atomic E-state index is 4.81. The van der Waals surface area contributed by atoms with Crippen LogP contribution in [-0.4, -0.2) is 30.6 Å². The van der Waals surface area contributed by atoms with E-state index in [1.165, 1.54) is 31.2 Å². The van der Waals surface area contributed by atoms with E-state index in [9.17, 15) is 0 Å². The fourth-order valence-corrected chi connectivity index (χ4v) is 4.25. The molecule has 0 aliphatic heterocycles. The van der Waals surface area contributed by atoms with Crippen molar-refractivity contribution in [2.24, 2.45) is 14.1 Å². The monoisotopic (exact) mass is 401 g/mol. The van der Waals surface area contributed by atoms with Gasteiger partial charge >= 0.3 is 0 Å². The molecule has 1 fully saturated rings. The third-order valence-corrected chi connectivity index (χ3v) is 5.87. The number of nitrogens with one attached hydrogen (secondary N) is 2. The van der Waals surface area contributed by atoms with Gasteiger partial charge in [0.05, 0.1) is 23.0 Å². The van der Waals surface area contributed by atoms with E-state index in [1.54, 1.807) is 0 Å². The first-order chi connectivity index (χ1) is 14.6. The van der Waals surface area contributed by atoms with Crippen LogP contribution in [0, 0.1) is 6.92 Å². The second-order valence-corrected chi connectivity index (χ2v) is 8.22. The van der Waals surface area contributed by atoms with Crippen molar-refractivity contribution in [1.29, 1.82) is 0 Å². The van der Waals surface area contributed by atoms with Gasteiger partial charge in [-0.25, -0.2) is 4.98 Å². The summed E-state index contributed by atoms with van der Waals surface area (Å²) in [5.41, 5.74) is 5.22. The van der Waals surface area contributed by atoms with Gasteiger partial charge in [-0.1, -0.05) is 36.6 Å². The van der Waals surface area contributed by atoms with Gasteiger partial charge in [-0.3, -0.25) is 9.36 Å². The third kappa shape index (κ3) is 3.51. The van der Waals surface area contributed by atoms with Crippen LogP contribution >= 0.6 is 0 Å². The smallest absolute Gasteiger partial charge is 0.161 e. The average molecular weight is 402 g/mol. The number of aromatic nitrogens is 5. The summed E-state index contributed by atoms with van der Waals surface area (Å²) in [6, 6.07) is 13.1. The predicted molar refractivity (Wildman–Crippen MR) is 121 cm³/mol. The number of rotatable bonds is 5. The van der Waals surface area contributed by atoms with E-state index in [1.807, 2.05) is 29.7 Å². The zero-order chi connectivity index (χ0) is 20.7. The molecule has 0 amide bonds. The quantitative estimate of drug-likeness (QED) is 0.504. The first kappa shape index (κ1) is 18.7. The van der Waals surface area contributed by atoms with E-state index >= 15 is 0 Å². The van der Waals surface area contributed by atoms with Crippen molar-refractivity contribution in [2.75, 3.05) is 10.6 Å². The highest BCUT2D eigenvalue weighted by molar-refractivity contribution is 5.91. The van der Waals surface area contributed by atoms with Crippen LogP contribution in [-0.2, 0) is 14.1 Å². The van der Waals surface area contributed by atoms with Crippen LogP contribution in [0.3, 0.4) is 0 Å². The molecule has 5 rings (SSSR count). The molecule has 0 bridgehead atoms. The molecule has 30 heavy (non-hydrogen) atoms. The molecule has 0 atom stereocenters. The molecule has 3 heterocycles. The van der Waals surface area contributed by atoms with Crippen LogP contribution in [0.1, 0.15) is 31.2 Å². The van der Waals surface area contributed by atoms with Crippen molar-refractivity contribution in [3.63, 3.8) is 0 Å². The second kappa shape index (κ2) is 7.48. The number of hydrogen-bond acceptors (Lipinski definition) is 5. The number of pyridine rings is 1. The van der Waals surface area contributed by atoms with Crippen molar-refractivity contribution in [3.05, 3.63) is 48.2 Å². The normalized spacial score (nSPS) is 14.5. The highest BCUT2D eigenvalue weighted by atomic mass is 15.3. The lowest BCUT2D eigenvalue weighted by atomic mass is 10.1. The Hall–Kier alpha value is -3.35. The minimum atomic E-state index is 0.522. The number of hydrogen-bond donors (Lipinski definition) is 2. The lowest BCUT2D eigenvalue weighted by Crippen LogP contribution is -2.15. The molecule has 1 saturated carbocycles. The summed E-state index contributed by atoms with van der Waals surface area (Å²) < 4.78 is 3.68. The van der Waals surface area contributed by atoms with Gasteiger partial charge in [0, 0.05) is 37.8 Å². The van der Waals surface area contributed by atoms with Crippen molar-refractivity contribution in [2.45, 2.75) is 38.6 Å². The Kier molecular flexibility index (Phi) is 4.65. The Morgan fingerprint density at radius 1 is 1.03 bits per heavy atom. The molecule has 4 aromatic rings. The Morgan fingerprint density at radius 2 is 1.87 bits per heavy atom. The van der Waals surface area contributed by atoms with Crippen LogP contribution in [0.4, 0.5) is 17.3 Å². The van der Waals surface area contributed by atoms with Crippen molar-refractivity contribution in [3.8, 4) is 11.3 Å². The van der Waals surface area contributed by atoms with Crippen molar-refractivity contribution < 1.29 is 0 Å². The largest absolute Gasteiger partial charge is 0.382 e. The van der Waals surface area contributed by atoms with Gasteiger partial charge in [0.15, 0.2) is 5.65 Å². The molecule has 7 heteroatoms. The molecule has 0 spiro atoms. The van der Waals surface area contributed by atoms with Gasteiger partial charge in [-0.2, -0.15) is 10.2 Å². The lowest BCUT2D eigenvalue weighted by Gasteiger charge is -2.16. The fraction of sp³-hybridized carbons (Fsp3) is 0.348. The molecule has 1 aromatic carbocycles. The summed E-state index contributed by atoms with van der Waals surface area (Å²) in [5.74, 6) is 1.68. The number of benzene rings is 1. The van der Waals surface area contributed by atoms with E-state index in [-0.39, 0.29) is 0 Å². The van der Waals surface area contributed by atoms with E-state index in [2.05, 4.69) is 64.2 Å². The fourth-order valence-electron chi connectivity index (χ4n) is 4.25. The maximum atomic E-state index is 4.81. The molecule has 1 aliphatic rings. The molecular formula is C23H27N7. The summed E-state index contributed by atoms with van der Waals surface area (Å²) >= 11 is 0. The summed E-state index contributed by atoms with van der Waals surface area (Å²) in [6.45, 7) is 2.09. The molecule has 0 saturated heterocycles. The van der Waals surface area contributed by atoms with Gasteiger partial charge < -0.3 is 10.6 Å². The molecule has 7 nitrogen and oxygen atoms in total. The first-order valence-electron chi connectivity index (χ1n) is 10.5. The Balaban J connectivity index is 1.48.